The van der Waals surface area contributed by atoms with E-state index in [2.05, 4.69) is 20.7 Å². The first-order valence-corrected chi connectivity index (χ1v) is 5.47. The Balaban J connectivity index is 2.49. The fraction of sp³-hybridized carbons (Fsp3) is 0.889. The summed E-state index contributed by atoms with van der Waals surface area (Å²) in [4.78, 5) is 11.1. The van der Waals surface area contributed by atoms with Gasteiger partial charge >= 0.3 is 5.97 Å². The van der Waals surface area contributed by atoms with E-state index in [1.807, 2.05) is 0 Å². The van der Waals surface area contributed by atoms with E-state index in [-0.39, 0.29) is 11.4 Å². The second kappa shape index (κ2) is 4.26. The molecule has 1 aliphatic carbocycles. The smallest absolute Gasteiger partial charge is 0.306 e. The highest BCUT2D eigenvalue weighted by molar-refractivity contribution is 9.09. The number of hydrogen-bond acceptors (Lipinski definition) is 2. The summed E-state index contributed by atoms with van der Waals surface area (Å²) in [6, 6.07) is 0. The molecule has 0 bridgehead atoms. The molecule has 3 heteroatoms. The molecule has 0 aromatic rings. The summed E-state index contributed by atoms with van der Waals surface area (Å²) in [5.74, 6) is -0.0728. The van der Waals surface area contributed by atoms with Gasteiger partial charge in [0.1, 0.15) is 0 Å². The van der Waals surface area contributed by atoms with Gasteiger partial charge in [0.15, 0.2) is 0 Å². The van der Waals surface area contributed by atoms with Gasteiger partial charge in [-0.2, -0.15) is 0 Å². The van der Waals surface area contributed by atoms with E-state index in [4.69, 9.17) is 0 Å². The second-order valence-electron chi connectivity index (χ2n) is 3.59. The molecule has 0 heterocycles. The number of methoxy groups -OCH3 is 1. The number of ether oxygens (including phenoxy) is 1. The Bertz CT molecular complexity index is 162. The Labute approximate surface area is 81.8 Å². The second-order valence-corrected chi connectivity index (χ2v) is 4.15. The SMILES string of the molecule is COC(=O)CC1(CBr)CCCC1. The van der Waals surface area contributed by atoms with Crippen LogP contribution in [-0.2, 0) is 9.53 Å². The summed E-state index contributed by atoms with van der Waals surface area (Å²) in [6.07, 6.45) is 5.40. The highest BCUT2D eigenvalue weighted by atomic mass is 79.9. The van der Waals surface area contributed by atoms with Gasteiger partial charge in [0.2, 0.25) is 0 Å². The summed E-state index contributed by atoms with van der Waals surface area (Å²) >= 11 is 3.48. The van der Waals surface area contributed by atoms with Crippen molar-refractivity contribution in [1.29, 1.82) is 0 Å². The van der Waals surface area contributed by atoms with Gasteiger partial charge in [-0.3, -0.25) is 4.79 Å². The fourth-order valence-corrected chi connectivity index (χ4v) is 2.62. The van der Waals surface area contributed by atoms with Crippen LogP contribution < -0.4 is 0 Å². The maximum Gasteiger partial charge on any atom is 0.306 e. The highest BCUT2D eigenvalue weighted by Gasteiger charge is 2.35. The molecule has 0 spiro atoms. The Kier molecular flexibility index (Phi) is 3.56. The molecule has 1 fully saturated rings. The van der Waals surface area contributed by atoms with Crippen molar-refractivity contribution in [3.05, 3.63) is 0 Å². The van der Waals surface area contributed by atoms with Crippen molar-refractivity contribution >= 4 is 21.9 Å². The summed E-state index contributed by atoms with van der Waals surface area (Å²) in [5, 5.41) is 0.926. The Hall–Kier alpha value is -0.0500. The van der Waals surface area contributed by atoms with Crippen molar-refractivity contribution < 1.29 is 9.53 Å². The first-order valence-electron chi connectivity index (χ1n) is 4.35. The number of carbonyl (C=O) groups is 1. The number of hydrogen-bond donors (Lipinski definition) is 0. The molecule has 0 amide bonds. The molecule has 0 unspecified atom stereocenters. The molecule has 70 valence electrons. The van der Waals surface area contributed by atoms with E-state index in [9.17, 15) is 4.79 Å². The van der Waals surface area contributed by atoms with Crippen molar-refractivity contribution in [3.63, 3.8) is 0 Å². The molecule has 0 saturated heterocycles. The molecule has 0 atom stereocenters. The quantitative estimate of drug-likeness (QED) is 0.555. The minimum atomic E-state index is -0.0728. The van der Waals surface area contributed by atoms with Crippen molar-refractivity contribution in [1.82, 2.24) is 0 Å². The first kappa shape index (κ1) is 10.0. The van der Waals surface area contributed by atoms with Crippen molar-refractivity contribution in [3.8, 4) is 0 Å². The van der Waals surface area contributed by atoms with Crippen molar-refractivity contribution in [2.75, 3.05) is 12.4 Å². The number of esters is 1. The van der Waals surface area contributed by atoms with Crippen LogP contribution >= 0.6 is 15.9 Å². The lowest BCUT2D eigenvalue weighted by atomic mass is 9.85. The largest absolute Gasteiger partial charge is 0.469 e. The number of carbonyl (C=O) groups excluding carboxylic acids is 1. The molecule has 1 saturated carbocycles. The zero-order valence-electron chi connectivity index (χ0n) is 7.44. The first-order chi connectivity index (χ1) is 5.72. The molecule has 0 radical (unpaired) electrons. The number of rotatable bonds is 3. The lowest BCUT2D eigenvalue weighted by molar-refractivity contribution is -0.143. The summed E-state index contributed by atoms with van der Waals surface area (Å²) in [6.45, 7) is 0. The van der Waals surface area contributed by atoms with E-state index >= 15 is 0 Å². The zero-order valence-corrected chi connectivity index (χ0v) is 9.02. The Morgan fingerprint density at radius 3 is 2.50 bits per heavy atom. The lowest BCUT2D eigenvalue weighted by Crippen LogP contribution is -2.23. The maximum atomic E-state index is 11.1. The molecule has 0 aliphatic heterocycles. The highest BCUT2D eigenvalue weighted by Crippen LogP contribution is 2.42. The van der Waals surface area contributed by atoms with E-state index in [1.54, 1.807) is 0 Å². The van der Waals surface area contributed by atoms with Gasteiger partial charge < -0.3 is 4.74 Å². The Morgan fingerprint density at radius 1 is 1.50 bits per heavy atom. The normalized spacial score (nSPS) is 20.8. The van der Waals surface area contributed by atoms with Crippen molar-refractivity contribution in [2.45, 2.75) is 32.1 Å². The Morgan fingerprint density at radius 2 is 2.08 bits per heavy atom. The number of halogens is 1. The van der Waals surface area contributed by atoms with Crippen molar-refractivity contribution in [2.24, 2.45) is 5.41 Å². The standard InChI is InChI=1S/C9H15BrO2/c1-12-8(11)6-9(7-10)4-2-3-5-9/h2-7H2,1H3. The average Bonchev–Trinajstić information content (AvgIpc) is 2.54. The van der Waals surface area contributed by atoms with Gasteiger partial charge in [0, 0.05) is 5.33 Å². The van der Waals surface area contributed by atoms with E-state index < -0.39 is 0 Å². The van der Waals surface area contributed by atoms with Gasteiger partial charge in [-0.25, -0.2) is 0 Å². The van der Waals surface area contributed by atoms with Gasteiger partial charge in [-0.1, -0.05) is 28.8 Å². The third kappa shape index (κ3) is 2.22. The van der Waals surface area contributed by atoms with E-state index in [1.165, 1.54) is 20.0 Å². The molecule has 2 nitrogen and oxygen atoms in total. The van der Waals surface area contributed by atoms with Crippen LogP contribution in [0.15, 0.2) is 0 Å². The molecule has 0 N–H and O–H groups in total. The fourth-order valence-electron chi connectivity index (χ4n) is 1.86. The molecule has 0 aromatic carbocycles. The maximum absolute atomic E-state index is 11.1. The van der Waals surface area contributed by atoms with Crippen LogP contribution in [-0.4, -0.2) is 18.4 Å². The molecule has 1 rings (SSSR count). The molecular weight excluding hydrogens is 220 g/mol. The predicted molar refractivity (Wildman–Crippen MR) is 51.3 cm³/mol. The minimum Gasteiger partial charge on any atom is -0.469 e. The topological polar surface area (TPSA) is 26.3 Å². The van der Waals surface area contributed by atoms with Crippen LogP contribution in [0.3, 0.4) is 0 Å². The summed E-state index contributed by atoms with van der Waals surface area (Å²) < 4.78 is 4.68. The van der Waals surface area contributed by atoms with Crippen LogP contribution in [0.4, 0.5) is 0 Å². The van der Waals surface area contributed by atoms with Crippen LogP contribution in [0.25, 0.3) is 0 Å². The van der Waals surface area contributed by atoms with Crippen LogP contribution in [0.2, 0.25) is 0 Å². The van der Waals surface area contributed by atoms with Gasteiger partial charge in [0.25, 0.3) is 0 Å². The van der Waals surface area contributed by atoms with Gasteiger partial charge in [-0.05, 0) is 18.3 Å². The number of alkyl halides is 1. The van der Waals surface area contributed by atoms with Gasteiger partial charge in [0.05, 0.1) is 13.5 Å². The van der Waals surface area contributed by atoms with Gasteiger partial charge in [-0.15, -0.1) is 0 Å². The average molecular weight is 235 g/mol. The van der Waals surface area contributed by atoms with Crippen LogP contribution in [0.5, 0.6) is 0 Å². The van der Waals surface area contributed by atoms with E-state index in [0.717, 1.165) is 18.2 Å². The summed E-state index contributed by atoms with van der Waals surface area (Å²) in [5.41, 5.74) is 0.201. The third-order valence-electron chi connectivity index (χ3n) is 2.69. The van der Waals surface area contributed by atoms with Crippen LogP contribution in [0.1, 0.15) is 32.1 Å². The minimum absolute atomic E-state index is 0.0728. The summed E-state index contributed by atoms with van der Waals surface area (Å²) in [7, 11) is 1.46. The lowest BCUT2D eigenvalue weighted by Gasteiger charge is -2.24. The molecule has 12 heavy (non-hydrogen) atoms. The monoisotopic (exact) mass is 234 g/mol. The molecule has 0 aromatic heterocycles. The zero-order chi connectivity index (χ0) is 9.03. The van der Waals surface area contributed by atoms with Crippen LogP contribution in [0, 0.1) is 5.41 Å². The third-order valence-corrected chi connectivity index (χ3v) is 3.88. The predicted octanol–water partition coefficient (Wildman–Crippen LogP) is 2.50. The molecule has 1 aliphatic rings. The molecular formula is C9H15BrO2. The van der Waals surface area contributed by atoms with E-state index in [0.29, 0.717) is 6.42 Å².